The first kappa shape index (κ1) is 11.8. The van der Waals surface area contributed by atoms with Gasteiger partial charge in [0.05, 0.1) is 0 Å². The van der Waals surface area contributed by atoms with Crippen LogP contribution in [-0.4, -0.2) is 20.6 Å². The Morgan fingerprint density at radius 1 is 1.44 bits per heavy atom. The van der Waals surface area contributed by atoms with Gasteiger partial charge in [0.25, 0.3) is 0 Å². The third kappa shape index (κ3) is 2.71. The minimum absolute atomic E-state index is 0.273. The molecule has 1 aromatic carbocycles. The number of anilines is 1. The second kappa shape index (κ2) is 5.59. The number of aromatic amines is 1. The zero-order valence-corrected chi connectivity index (χ0v) is 9.88. The van der Waals surface area contributed by atoms with Crippen LogP contribution in [0.25, 0.3) is 5.57 Å². The topological polar surface area (TPSA) is 90.3 Å². The molecular formula is C12H12N6. The number of nitriles is 1. The quantitative estimate of drug-likeness (QED) is 0.794. The van der Waals surface area contributed by atoms with Crippen LogP contribution >= 0.6 is 0 Å². The molecule has 90 valence electrons. The lowest BCUT2D eigenvalue weighted by Gasteiger charge is -2.02. The molecule has 0 unspecified atom stereocenters. The third-order valence-electron chi connectivity index (χ3n) is 2.45. The van der Waals surface area contributed by atoms with Gasteiger partial charge in [0.1, 0.15) is 11.6 Å². The van der Waals surface area contributed by atoms with E-state index in [0.29, 0.717) is 5.57 Å². The van der Waals surface area contributed by atoms with E-state index in [0.717, 1.165) is 12.1 Å². The minimum Gasteiger partial charge on any atom is -0.360 e. The summed E-state index contributed by atoms with van der Waals surface area (Å²) in [6, 6.07) is 10.0. The maximum absolute atomic E-state index is 8.98. The summed E-state index contributed by atoms with van der Waals surface area (Å²) in [6.45, 7) is 2.10. The lowest BCUT2D eigenvalue weighted by atomic mass is 10.1. The molecule has 2 N–H and O–H groups in total. The van der Waals surface area contributed by atoms with E-state index in [4.69, 9.17) is 5.26 Å². The second-order valence-electron chi connectivity index (χ2n) is 3.60. The van der Waals surface area contributed by atoms with Gasteiger partial charge >= 0.3 is 0 Å². The fraction of sp³-hybridized carbons (Fsp3) is 0.167. The number of nitrogens with one attached hydrogen (secondary N) is 2. The Hall–Kier alpha value is -2.68. The van der Waals surface area contributed by atoms with E-state index in [1.165, 1.54) is 5.56 Å². The van der Waals surface area contributed by atoms with Crippen LogP contribution in [0.4, 0.5) is 5.69 Å². The normalized spacial score (nSPS) is 11.0. The number of H-pyrrole nitrogens is 1. The lowest BCUT2D eigenvalue weighted by molar-refractivity contribution is 0.881. The molecule has 0 aliphatic rings. The first-order valence-electron chi connectivity index (χ1n) is 5.53. The van der Waals surface area contributed by atoms with E-state index in [1.807, 2.05) is 30.3 Å². The molecule has 0 aliphatic carbocycles. The molecule has 0 fully saturated rings. The summed E-state index contributed by atoms with van der Waals surface area (Å²) in [4.78, 5) is 0. The molecule has 0 saturated carbocycles. The molecule has 0 aliphatic heterocycles. The van der Waals surface area contributed by atoms with Crippen LogP contribution in [-0.2, 0) is 6.42 Å². The number of tetrazole rings is 1. The van der Waals surface area contributed by atoms with Gasteiger partial charge in [0.2, 0.25) is 5.82 Å². The number of nitrogens with zero attached hydrogens (tertiary/aromatic N) is 4. The van der Waals surface area contributed by atoms with E-state index in [2.05, 4.69) is 32.9 Å². The van der Waals surface area contributed by atoms with Gasteiger partial charge in [0.15, 0.2) is 0 Å². The molecule has 18 heavy (non-hydrogen) atoms. The summed E-state index contributed by atoms with van der Waals surface area (Å²) in [6.07, 6.45) is 2.56. The van der Waals surface area contributed by atoms with Crippen molar-refractivity contribution in [1.82, 2.24) is 20.6 Å². The van der Waals surface area contributed by atoms with Crippen LogP contribution in [0.15, 0.2) is 30.5 Å². The SMILES string of the molecule is CCc1ccc(NC=C(C#N)c2nn[nH]n2)cc1. The Kier molecular flexibility index (Phi) is 3.66. The number of allylic oxidation sites excluding steroid dienone is 1. The Bertz CT molecular complexity index is 562. The van der Waals surface area contributed by atoms with Crippen molar-refractivity contribution in [2.45, 2.75) is 13.3 Å². The maximum atomic E-state index is 8.98. The fourth-order valence-electron chi connectivity index (χ4n) is 1.41. The zero-order chi connectivity index (χ0) is 12.8. The molecule has 6 heteroatoms. The van der Waals surface area contributed by atoms with Crippen LogP contribution in [0.3, 0.4) is 0 Å². The molecule has 0 atom stereocenters. The van der Waals surface area contributed by atoms with Crippen LogP contribution in [0.1, 0.15) is 18.3 Å². The van der Waals surface area contributed by atoms with Crippen molar-refractivity contribution in [3.8, 4) is 6.07 Å². The van der Waals surface area contributed by atoms with Crippen LogP contribution < -0.4 is 5.32 Å². The van der Waals surface area contributed by atoms with E-state index in [-0.39, 0.29) is 5.82 Å². The number of hydrogen-bond donors (Lipinski definition) is 2. The maximum Gasteiger partial charge on any atom is 0.216 e. The largest absolute Gasteiger partial charge is 0.360 e. The fourth-order valence-corrected chi connectivity index (χ4v) is 1.41. The number of benzene rings is 1. The van der Waals surface area contributed by atoms with Gasteiger partial charge in [-0.3, -0.25) is 0 Å². The molecule has 2 rings (SSSR count). The van der Waals surface area contributed by atoms with E-state index in [9.17, 15) is 0 Å². The molecule has 0 spiro atoms. The van der Waals surface area contributed by atoms with Crippen molar-refractivity contribution >= 4 is 11.3 Å². The van der Waals surface area contributed by atoms with Gasteiger partial charge in [0, 0.05) is 11.9 Å². The zero-order valence-electron chi connectivity index (χ0n) is 9.88. The monoisotopic (exact) mass is 240 g/mol. The summed E-state index contributed by atoms with van der Waals surface area (Å²) in [5.41, 5.74) is 2.50. The summed E-state index contributed by atoms with van der Waals surface area (Å²) >= 11 is 0. The molecule has 1 heterocycles. The molecule has 0 amide bonds. The molecule has 2 aromatic rings. The van der Waals surface area contributed by atoms with Gasteiger partial charge in [-0.25, -0.2) is 0 Å². The number of aryl methyl sites for hydroxylation is 1. The van der Waals surface area contributed by atoms with Gasteiger partial charge in [-0.1, -0.05) is 19.1 Å². The molecule has 0 radical (unpaired) electrons. The third-order valence-corrected chi connectivity index (χ3v) is 2.45. The second-order valence-corrected chi connectivity index (χ2v) is 3.60. The summed E-state index contributed by atoms with van der Waals surface area (Å²) in [5, 5.41) is 25.2. The predicted octanol–water partition coefficient (Wildman–Crippen LogP) is 1.74. The van der Waals surface area contributed by atoms with Crippen molar-refractivity contribution in [3.63, 3.8) is 0 Å². The lowest BCUT2D eigenvalue weighted by Crippen LogP contribution is -1.93. The predicted molar refractivity (Wildman–Crippen MR) is 67.2 cm³/mol. The van der Waals surface area contributed by atoms with Gasteiger partial charge in [-0.2, -0.15) is 10.5 Å². The highest BCUT2D eigenvalue weighted by atomic mass is 15.5. The Morgan fingerprint density at radius 3 is 2.78 bits per heavy atom. The highest BCUT2D eigenvalue weighted by Gasteiger charge is 2.04. The van der Waals surface area contributed by atoms with Crippen molar-refractivity contribution < 1.29 is 0 Å². The van der Waals surface area contributed by atoms with Crippen LogP contribution in [0.2, 0.25) is 0 Å². The molecule has 0 bridgehead atoms. The van der Waals surface area contributed by atoms with Crippen LogP contribution in [0, 0.1) is 11.3 Å². The molecule has 6 nitrogen and oxygen atoms in total. The first-order chi connectivity index (χ1) is 8.83. The van der Waals surface area contributed by atoms with Gasteiger partial charge < -0.3 is 5.32 Å². The molecular weight excluding hydrogens is 228 g/mol. The summed E-state index contributed by atoms with van der Waals surface area (Å²) < 4.78 is 0. The smallest absolute Gasteiger partial charge is 0.216 e. The van der Waals surface area contributed by atoms with E-state index < -0.39 is 0 Å². The molecule has 1 aromatic heterocycles. The average Bonchev–Trinajstić information content (AvgIpc) is 2.94. The number of rotatable bonds is 4. The van der Waals surface area contributed by atoms with Crippen molar-refractivity contribution in [2.24, 2.45) is 0 Å². The Labute approximate surface area is 104 Å². The van der Waals surface area contributed by atoms with Crippen molar-refractivity contribution in [1.29, 1.82) is 5.26 Å². The molecule has 0 saturated heterocycles. The average molecular weight is 240 g/mol. The van der Waals surface area contributed by atoms with Crippen molar-refractivity contribution in [3.05, 3.63) is 41.9 Å². The van der Waals surface area contributed by atoms with E-state index >= 15 is 0 Å². The first-order valence-corrected chi connectivity index (χ1v) is 5.53. The van der Waals surface area contributed by atoms with Gasteiger partial charge in [-0.05, 0) is 29.3 Å². The Balaban J connectivity index is 2.11. The van der Waals surface area contributed by atoms with E-state index in [1.54, 1.807) is 6.20 Å². The summed E-state index contributed by atoms with van der Waals surface area (Å²) in [5.74, 6) is 0.273. The van der Waals surface area contributed by atoms with Crippen molar-refractivity contribution in [2.75, 3.05) is 5.32 Å². The highest BCUT2D eigenvalue weighted by Crippen LogP contribution is 2.12. The number of hydrogen-bond acceptors (Lipinski definition) is 5. The van der Waals surface area contributed by atoms with Crippen LogP contribution in [0.5, 0.6) is 0 Å². The summed E-state index contributed by atoms with van der Waals surface area (Å²) in [7, 11) is 0. The Morgan fingerprint density at radius 2 is 2.22 bits per heavy atom. The highest BCUT2D eigenvalue weighted by molar-refractivity contribution is 5.73. The standard InChI is InChI=1S/C12H12N6/c1-2-9-3-5-11(6-4-9)14-8-10(7-13)12-15-17-18-16-12/h3-6,8,14H,2H2,1H3,(H,15,16,17,18). The van der Waals surface area contributed by atoms with Gasteiger partial charge in [-0.15, -0.1) is 10.2 Å². The minimum atomic E-state index is 0.273. The number of aromatic nitrogens is 4.